The molecule has 2 N–H and O–H groups in total. The van der Waals surface area contributed by atoms with Gasteiger partial charge in [-0.2, -0.15) is 0 Å². The lowest BCUT2D eigenvalue weighted by Gasteiger charge is -2.25. The highest BCUT2D eigenvalue weighted by atomic mass is 32.1. The largest absolute Gasteiger partial charge is 0.491 e. The molecule has 0 fully saturated rings. The molecule has 116 valence electrons. The number of aromatic nitrogens is 1. The van der Waals surface area contributed by atoms with Crippen LogP contribution in [-0.2, 0) is 6.42 Å². The minimum absolute atomic E-state index is 0.00788. The Kier molecular flexibility index (Phi) is 4.29. The number of hydrogen-bond acceptors (Lipinski definition) is 5. The molecule has 5 nitrogen and oxygen atoms in total. The molecule has 0 radical (unpaired) electrons. The number of nitrogens with one attached hydrogen (secondary N) is 2. The van der Waals surface area contributed by atoms with Crippen molar-refractivity contribution in [1.82, 2.24) is 10.3 Å². The number of aryl methyl sites for hydroxylation is 1. The van der Waals surface area contributed by atoms with Crippen molar-refractivity contribution in [2.45, 2.75) is 26.3 Å². The number of thiazole rings is 1. The zero-order valence-corrected chi connectivity index (χ0v) is 13.5. The standard InChI is InChI=1S/C16H19N3O2S/c1-3-17-16-18-10(2)14(22-16)15(20)19-12-8-11-6-4-5-7-13(11)21-9-12/h4-7,12H,3,8-9H2,1-2H3,(H,17,18)(H,19,20)/t12-/m1/s1. The van der Waals surface area contributed by atoms with Gasteiger partial charge in [-0.1, -0.05) is 29.5 Å². The highest BCUT2D eigenvalue weighted by molar-refractivity contribution is 7.17. The Balaban J connectivity index is 1.68. The Labute approximate surface area is 133 Å². The minimum Gasteiger partial charge on any atom is -0.491 e. The van der Waals surface area contributed by atoms with Gasteiger partial charge < -0.3 is 15.4 Å². The van der Waals surface area contributed by atoms with E-state index in [-0.39, 0.29) is 11.9 Å². The Hall–Kier alpha value is -2.08. The average molecular weight is 317 g/mol. The van der Waals surface area contributed by atoms with E-state index in [0.29, 0.717) is 11.5 Å². The first-order valence-electron chi connectivity index (χ1n) is 7.40. The zero-order chi connectivity index (χ0) is 15.5. The first-order valence-corrected chi connectivity index (χ1v) is 8.22. The Morgan fingerprint density at radius 1 is 1.45 bits per heavy atom. The normalized spacial score (nSPS) is 16.5. The summed E-state index contributed by atoms with van der Waals surface area (Å²) in [7, 11) is 0. The number of ether oxygens (including phenoxy) is 1. The molecule has 0 aliphatic carbocycles. The molecule has 3 rings (SSSR count). The first kappa shape index (κ1) is 14.8. The van der Waals surface area contributed by atoms with Gasteiger partial charge in [-0.15, -0.1) is 0 Å². The summed E-state index contributed by atoms with van der Waals surface area (Å²) in [6.45, 7) is 5.16. The van der Waals surface area contributed by atoms with Gasteiger partial charge >= 0.3 is 0 Å². The van der Waals surface area contributed by atoms with Crippen LogP contribution in [0, 0.1) is 6.92 Å². The molecule has 1 aromatic heterocycles. The maximum atomic E-state index is 12.4. The number of rotatable bonds is 4. The van der Waals surface area contributed by atoms with E-state index in [1.54, 1.807) is 0 Å². The van der Waals surface area contributed by atoms with Crippen molar-refractivity contribution in [3.63, 3.8) is 0 Å². The second-order valence-electron chi connectivity index (χ2n) is 5.26. The number of carbonyl (C=O) groups is 1. The number of para-hydroxylation sites is 1. The van der Waals surface area contributed by atoms with E-state index in [1.807, 2.05) is 38.1 Å². The van der Waals surface area contributed by atoms with E-state index < -0.39 is 0 Å². The van der Waals surface area contributed by atoms with Gasteiger partial charge in [0.05, 0.1) is 11.7 Å². The third-order valence-electron chi connectivity index (χ3n) is 3.54. The summed E-state index contributed by atoms with van der Waals surface area (Å²) in [5.41, 5.74) is 1.89. The van der Waals surface area contributed by atoms with Gasteiger partial charge in [0, 0.05) is 6.54 Å². The summed E-state index contributed by atoms with van der Waals surface area (Å²) < 4.78 is 5.71. The molecule has 0 bridgehead atoms. The fourth-order valence-corrected chi connectivity index (χ4v) is 3.44. The van der Waals surface area contributed by atoms with Crippen LogP contribution >= 0.6 is 11.3 Å². The second-order valence-corrected chi connectivity index (χ2v) is 6.26. The number of amides is 1. The monoisotopic (exact) mass is 317 g/mol. The molecule has 6 heteroatoms. The summed E-state index contributed by atoms with van der Waals surface area (Å²) in [5.74, 6) is 0.837. The number of carbonyl (C=O) groups excluding carboxylic acids is 1. The lowest BCUT2D eigenvalue weighted by Crippen LogP contribution is -2.42. The summed E-state index contributed by atoms with van der Waals surface area (Å²) in [5, 5.41) is 6.98. The molecule has 0 saturated heterocycles. The van der Waals surface area contributed by atoms with Crippen LogP contribution in [0.25, 0.3) is 0 Å². The molecular formula is C16H19N3O2S. The maximum Gasteiger partial charge on any atom is 0.263 e. The molecule has 1 aliphatic heterocycles. The predicted octanol–water partition coefficient (Wildman–Crippen LogP) is 2.62. The second kappa shape index (κ2) is 6.36. The Bertz CT molecular complexity index is 684. The van der Waals surface area contributed by atoms with E-state index in [1.165, 1.54) is 11.3 Å². The SMILES string of the molecule is CCNc1nc(C)c(C(=O)N[C@H]2COc3ccccc3C2)s1. The van der Waals surface area contributed by atoms with Crippen LogP contribution in [0.15, 0.2) is 24.3 Å². The molecule has 2 heterocycles. The van der Waals surface area contributed by atoms with E-state index in [0.717, 1.165) is 35.1 Å². The quantitative estimate of drug-likeness (QED) is 0.910. The zero-order valence-electron chi connectivity index (χ0n) is 12.7. The topological polar surface area (TPSA) is 63.2 Å². The van der Waals surface area contributed by atoms with Gasteiger partial charge in [0.15, 0.2) is 5.13 Å². The van der Waals surface area contributed by atoms with E-state index in [9.17, 15) is 4.79 Å². The average Bonchev–Trinajstić information content (AvgIpc) is 2.88. The number of anilines is 1. The lowest BCUT2D eigenvalue weighted by atomic mass is 10.0. The van der Waals surface area contributed by atoms with Crippen LogP contribution in [0.2, 0.25) is 0 Å². The summed E-state index contributed by atoms with van der Waals surface area (Å²) in [4.78, 5) is 17.5. The van der Waals surface area contributed by atoms with Gasteiger partial charge in [0.25, 0.3) is 5.91 Å². The van der Waals surface area contributed by atoms with Gasteiger partial charge in [0.2, 0.25) is 0 Å². The third kappa shape index (κ3) is 3.06. The van der Waals surface area contributed by atoms with Crippen LogP contribution in [0.1, 0.15) is 27.9 Å². The molecule has 0 spiro atoms. The minimum atomic E-state index is -0.0767. The molecule has 2 aromatic rings. The van der Waals surface area contributed by atoms with Crippen LogP contribution in [0.4, 0.5) is 5.13 Å². The summed E-state index contributed by atoms with van der Waals surface area (Å²) in [6, 6.07) is 7.94. The first-order chi connectivity index (χ1) is 10.7. The molecular weight excluding hydrogens is 298 g/mol. The van der Waals surface area contributed by atoms with E-state index in [4.69, 9.17) is 4.74 Å². The smallest absolute Gasteiger partial charge is 0.263 e. The lowest BCUT2D eigenvalue weighted by molar-refractivity contribution is 0.0918. The van der Waals surface area contributed by atoms with Gasteiger partial charge in [-0.3, -0.25) is 4.79 Å². The summed E-state index contributed by atoms with van der Waals surface area (Å²) >= 11 is 1.39. The van der Waals surface area contributed by atoms with Crippen LogP contribution in [-0.4, -0.2) is 30.1 Å². The molecule has 1 amide bonds. The fourth-order valence-electron chi connectivity index (χ4n) is 2.51. The van der Waals surface area contributed by atoms with Crippen molar-refractivity contribution in [2.24, 2.45) is 0 Å². The number of fused-ring (bicyclic) bond motifs is 1. The highest BCUT2D eigenvalue weighted by Gasteiger charge is 2.23. The van der Waals surface area contributed by atoms with E-state index in [2.05, 4.69) is 15.6 Å². The van der Waals surface area contributed by atoms with Crippen molar-refractivity contribution < 1.29 is 9.53 Å². The van der Waals surface area contributed by atoms with Crippen molar-refractivity contribution >= 4 is 22.4 Å². The van der Waals surface area contributed by atoms with Gasteiger partial charge in [-0.05, 0) is 31.9 Å². The van der Waals surface area contributed by atoms with Crippen LogP contribution in [0.5, 0.6) is 5.75 Å². The maximum absolute atomic E-state index is 12.4. The van der Waals surface area contributed by atoms with E-state index >= 15 is 0 Å². The van der Waals surface area contributed by atoms with Gasteiger partial charge in [0.1, 0.15) is 17.2 Å². The molecule has 1 aromatic carbocycles. The highest BCUT2D eigenvalue weighted by Crippen LogP contribution is 2.25. The van der Waals surface area contributed by atoms with Crippen LogP contribution < -0.4 is 15.4 Å². The fraction of sp³-hybridized carbons (Fsp3) is 0.375. The van der Waals surface area contributed by atoms with Gasteiger partial charge in [-0.25, -0.2) is 4.98 Å². The molecule has 1 atom stereocenters. The Morgan fingerprint density at radius 3 is 3.09 bits per heavy atom. The Morgan fingerprint density at radius 2 is 2.27 bits per heavy atom. The van der Waals surface area contributed by atoms with Crippen molar-refractivity contribution in [1.29, 1.82) is 0 Å². The van der Waals surface area contributed by atoms with Crippen molar-refractivity contribution in [3.8, 4) is 5.75 Å². The molecule has 0 saturated carbocycles. The third-order valence-corrected chi connectivity index (χ3v) is 4.66. The molecule has 22 heavy (non-hydrogen) atoms. The molecule has 1 aliphatic rings. The number of benzene rings is 1. The van der Waals surface area contributed by atoms with Crippen molar-refractivity contribution in [3.05, 3.63) is 40.4 Å². The number of hydrogen-bond donors (Lipinski definition) is 2. The van der Waals surface area contributed by atoms with Crippen molar-refractivity contribution in [2.75, 3.05) is 18.5 Å². The van der Waals surface area contributed by atoms with Crippen LogP contribution in [0.3, 0.4) is 0 Å². The molecule has 0 unspecified atom stereocenters. The number of nitrogens with zero attached hydrogens (tertiary/aromatic N) is 1. The summed E-state index contributed by atoms with van der Waals surface area (Å²) in [6.07, 6.45) is 0.791. The predicted molar refractivity (Wildman–Crippen MR) is 87.9 cm³/mol.